The predicted octanol–water partition coefficient (Wildman–Crippen LogP) is 0.533. The molecule has 1 aromatic carbocycles. The fourth-order valence-electron chi connectivity index (χ4n) is 3.41. The molecule has 2 fully saturated rings. The standard InChI is InChI=1S/C16H25N3O2/c1-2-21-15-11-19(10-14(15)20)9-13-8-17-18-16(13)12-6-4-3-5-7-12/h3-7,13-18,20H,2,8-11H2,1H3/t13?,14-,15-,16?/m1/s1. The van der Waals surface area contributed by atoms with Crippen LogP contribution in [-0.4, -0.2) is 55.0 Å². The monoisotopic (exact) mass is 291 g/mol. The summed E-state index contributed by atoms with van der Waals surface area (Å²) in [6.45, 7) is 6.10. The van der Waals surface area contributed by atoms with Crippen molar-refractivity contribution >= 4 is 0 Å². The third-order valence-electron chi connectivity index (χ3n) is 4.44. The number of nitrogens with zero attached hydrogens (tertiary/aromatic N) is 1. The van der Waals surface area contributed by atoms with Gasteiger partial charge in [-0.2, -0.15) is 0 Å². The number of nitrogens with one attached hydrogen (secondary N) is 2. The second-order valence-corrected chi connectivity index (χ2v) is 5.95. The molecule has 2 unspecified atom stereocenters. The number of rotatable bonds is 5. The van der Waals surface area contributed by atoms with Gasteiger partial charge in [0.2, 0.25) is 0 Å². The number of hydrogen-bond donors (Lipinski definition) is 3. The average molecular weight is 291 g/mol. The Kier molecular flexibility index (Phi) is 4.87. The van der Waals surface area contributed by atoms with E-state index in [-0.39, 0.29) is 12.2 Å². The van der Waals surface area contributed by atoms with Gasteiger partial charge in [-0.1, -0.05) is 30.3 Å². The molecule has 0 aromatic heterocycles. The van der Waals surface area contributed by atoms with E-state index in [1.807, 2.05) is 13.0 Å². The minimum atomic E-state index is -0.359. The summed E-state index contributed by atoms with van der Waals surface area (Å²) in [6, 6.07) is 10.9. The van der Waals surface area contributed by atoms with Gasteiger partial charge in [0.1, 0.15) is 0 Å². The minimum Gasteiger partial charge on any atom is -0.389 e. The van der Waals surface area contributed by atoms with Gasteiger partial charge in [0.05, 0.1) is 18.2 Å². The molecule has 2 saturated heterocycles. The van der Waals surface area contributed by atoms with Gasteiger partial charge in [-0.25, -0.2) is 5.43 Å². The zero-order valence-electron chi connectivity index (χ0n) is 12.5. The quantitative estimate of drug-likeness (QED) is 0.739. The molecule has 0 saturated carbocycles. The van der Waals surface area contributed by atoms with E-state index in [0.717, 1.165) is 19.6 Å². The number of hydrazine groups is 1. The molecule has 0 aliphatic carbocycles. The molecule has 0 radical (unpaired) electrons. The van der Waals surface area contributed by atoms with Crippen molar-refractivity contribution < 1.29 is 9.84 Å². The van der Waals surface area contributed by atoms with Crippen LogP contribution in [-0.2, 0) is 4.74 Å². The van der Waals surface area contributed by atoms with Crippen LogP contribution < -0.4 is 10.9 Å². The number of likely N-dealkylation sites (tertiary alicyclic amines) is 1. The first-order valence-electron chi connectivity index (χ1n) is 7.83. The maximum absolute atomic E-state index is 10.0. The Labute approximate surface area is 126 Å². The summed E-state index contributed by atoms with van der Waals surface area (Å²) in [7, 11) is 0. The Morgan fingerprint density at radius 3 is 2.86 bits per heavy atom. The summed E-state index contributed by atoms with van der Waals surface area (Å²) < 4.78 is 5.60. The molecule has 4 atom stereocenters. The SMILES string of the molecule is CCO[C@@H]1CN(CC2CNNC2c2ccccc2)C[C@H]1O. The first kappa shape index (κ1) is 14.9. The molecule has 1 aromatic rings. The van der Waals surface area contributed by atoms with Gasteiger partial charge in [-0.15, -0.1) is 0 Å². The highest BCUT2D eigenvalue weighted by Gasteiger charge is 2.36. The molecule has 5 nitrogen and oxygen atoms in total. The molecule has 5 heteroatoms. The van der Waals surface area contributed by atoms with Crippen molar-refractivity contribution in [2.24, 2.45) is 5.92 Å². The zero-order valence-corrected chi connectivity index (χ0v) is 12.5. The largest absolute Gasteiger partial charge is 0.389 e. The van der Waals surface area contributed by atoms with E-state index in [1.54, 1.807) is 0 Å². The van der Waals surface area contributed by atoms with Crippen LogP contribution in [0.25, 0.3) is 0 Å². The van der Waals surface area contributed by atoms with Gasteiger partial charge in [-0.3, -0.25) is 10.3 Å². The van der Waals surface area contributed by atoms with Crippen LogP contribution in [0.5, 0.6) is 0 Å². The summed E-state index contributed by atoms with van der Waals surface area (Å²) in [6.07, 6.45) is -0.394. The van der Waals surface area contributed by atoms with E-state index < -0.39 is 0 Å². The van der Waals surface area contributed by atoms with Crippen molar-refractivity contribution in [2.75, 3.05) is 32.8 Å². The molecule has 0 spiro atoms. The molecule has 3 N–H and O–H groups in total. The number of aliphatic hydroxyl groups is 1. The van der Waals surface area contributed by atoms with E-state index in [2.05, 4.69) is 40.0 Å². The Balaban J connectivity index is 1.60. The molecule has 0 amide bonds. The highest BCUT2D eigenvalue weighted by Crippen LogP contribution is 2.27. The van der Waals surface area contributed by atoms with E-state index in [9.17, 15) is 5.11 Å². The molecule has 21 heavy (non-hydrogen) atoms. The second kappa shape index (κ2) is 6.85. The smallest absolute Gasteiger partial charge is 0.0972 e. The lowest BCUT2D eigenvalue weighted by Crippen LogP contribution is -2.32. The van der Waals surface area contributed by atoms with Crippen molar-refractivity contribution in [3.05, 3.63) is 35.9 Å². The zero-order chi connectivity index (χ0) is 14.7. The van der Waals surface area contributed by atoms with E-state index in [1.165, 1.54) is 5.56 Å². The summed E-state index contributed by atoms with van der Waals surface area (Å²) in [5, 5.41) is 10.0. The fraction of sp³-hybridized carbons (Fsp3) is 0.625. The number of hydrogen-bond acceptors (Lipinski definition) is 5. The minimum absolute atomic E-state index is 0.0347. The summed E-state index contributed by atoms with van der Waals surface area (Å²) in [5.41, 5.74) is 7.96. The van der Waals surface area contributed by atoms with Crippen LogP contribution in [0.2, 0.25) is 0 Å². The van der Waals surface area contributed by atoms with Crippen LogP contribution in [0.4, 0.5) is 0 Å². The summed E-state index contributed by atoms with van der Waals surface area (Å²) in [4.78, 5) is 2.32. The van der Waals surface area contributed by atoms with Crippen LogP contribution >= 0.6 is 0 Å². The third-order valence-corrected chi connectivity index (χ3v) is 4.44. The van der Waals surface area contributed by atoms with E-state index in [0.29, 0.717) is 25.1 Å². The number of ether oxygens (including phenoxy) is 1. The van der Waals surface area contributed by atoms with E-state index >= 15 is 0 Å². The van der Waals surface area contributed by atoms with Gasteiger partial charge in [0, 0.05) is 38.7 Å². The average Bonchev–Trinajstić information content (AvgIpc) is 3.08. The first-order valence-corrected chi connectivity index (χ1v) is 7.83. The Hall–Kier alpha value is -0.980. The molecular weight excluding hydrogens is 266 g/mol. The topological polar surface area (TPSA) is 56.8 Å². The summed E-state index contributed by atoms with van der Waals surface area (Å²) in [5.74, 6) is 0.500. The second-order valence-electron chi connectivity index (χ2n) is 5.95. The number of β-amino-alcohol motifs (C(OH)–C–C–N with tert-alkyl or cyclic N) is 1. The Morgan fingerprint density at radius 1 is 1.29 bits per heavy atom. The van der Waals surface area contributed by atoms with Crippen molar-refractivity contribution in [2.45, 2.75) is 25.2 Å². The van der Waals surface area contributed by atoms with E-state index in [4.69, 9.17) is 4.74 Å². The fourth-order valence-corrected chi connectivity index (χ4v) is 3.41. The van der Waals surface area contributed by atoms with Crippen molar-refractivity contribution in [1.29, 1.82) is 0 Å². The van der Waals surface area contributed by atoms with Gasteiger partial charge >= 0.3 is 0 Å². The van der Waals surface area contributed by atoms with Crippen LogP contribution in [0.1, 0.15) is 18.5 Å². The van der Waals surface area contributed by atoms with Crippen molar-refractivity contribution in [3.8, 4) is 0 Å². The van der Waals surface area contributed by atoms with Crippen molar-refractivity contribution in [1.82, 2.24) is 15.8 Å². The third kappa shape index (κ3) is 3.44. The molecule has 3 rings (SSSR count). The van der Waals surface area contributed by atoms with Crippen LogP contribution in [0, 0.1) is 5.92 Å². The molecule has 0 bridgehead atoms. The maximum Gasteiger partial charge on any atom is 0.0972 e. The summed E-state index contributed by atoms with van der Waals surface area (Å²) >= 11 is 0. The van der Waals surface area contributed by atoms with Gasteiger partial charge < -0.3 is 9.84 Å². The normalized spacial score (nSPS) is 33.6. The highest BCUT2D eigenvalue weighted by molar-refractivity contribution is 5.20. The predicted molar refractivity (Wildman–Crippen MR) is 81.7 cm³/mol. The molecular formula is C16H25N3O2. The lowest BCUT2D eigenvalue weighted by molar-refractivity contribution is -0.00247. The van der Waals surface area contributed by atoms with Crippen LogP contribution in [0.15, 0.2) is 30.3 Å². The van der Waals surface area contributed by atoms with Gasteiger partial charge in [0.25, 0.3) is 0 Å². The molecule has 2 aliphatic heterocycles. The Bertz CT molecular complexity index is 442. The molecule has 116 valence electrons. The van der Waals surface area contributed by atoms with Crippen LogP contribution in [0.3, 0.4) is 0 Å². The number of benzene rings is 1. The number of aliphatic hydroxyl groups excluding tert-OH is 1. The van der Waals surface area contributed by atoms with Gasteiger partial charge in [-0.05, 0) is 12.5 Å². The maximum atomic E-state index is 10.0. The highest BCUT2D eigenvalue weighted by atomic mass is 16.5. The van der Waals surface area contributed by atoms with Gasteiger partial charge in [0.15, 0.2) is 0 Å². The molecule has 2 aliphatic rings. The lowest BCUT2D eigenvalue weighted by atomic mass is 9.94. The molecule has 2 heterocycles. The van der Waals surface area contributed by atoms with Crippen molar-refractivity contribution in [3.63, 3.8) is 0 Å². The first-order chi connectivity index (χ1) is 10.3. The Morgan fingerprint density at radius 2 is 2.10 bits per heavy atom. The lowest BCUT2D eigenvalue weighted by Gasteiger charge is -2.24.